The number of nitrogens with one attached hydrogen (secondary N) is 1. The molecule has 0 bridgehead atoms. The molecule has 0 unspecified atom stereocenters. The Hall–Kier alpha value is -2.67. The summed E-state index contributed by atoms with van der Waals surface area (Å²) in [5.41, 5.74) is 3.44. The summed E-state index contributed by atoms with van der Waals surface area (Å²) in [5, 5.41) is 7.53. The van der Waals surface area contributed by atoms with Crippen LogP contribution in [0.25, 0.3) is 0 Å². The van der Waals surface area contributed by atoms with Crippen LogP contribution in [-0.4, -0.2) is 71.2 Å². The van der Waals surface area contributed by atoms with Gasteiger partial charge in [0.2, 0.25) is 0 Å². The van der Waals surface area contributed by atoms with Gasteiger partial charge in [0.1, 0.15) is 0 Å². The van der Waals surface area contributed by atoms with E-state index in [0.29, 0.717) is 12.5 Å². The van der Waals surface area contributed by atoms with Gasteiger partial charge in [0.25, 0.3) is 11.8 Å². The number of fused-ring (bicyclic) bond motifs is 1. The molecule has 2 aromatic rings. The Morgan fingerprint density at radius 1 is 1.10 bits per heavy atom. The molecule has 4 rings (SSSR count). The van der Waals surface area contributed by atoms with E-state index in [2.05, 4.69) is 22.4 Å². The lowest BCUT2D eigenvalue weighted by Gasteiger charge is -2.32. The molecule has 0 spiro atoms. The minimum absolute atomic E-state index is 0.0316. The van der Waals surface area contributed by atoms with E-state index in [1.807, 2.05) is 40.8 Å². The number of nitrogens with zero attached hydrogens (tertiary/aromatic N) is 4. The Labute approximate surface area is 171 Å². The van der Waals surface area contributed by atoms with Gasteiger partial charge in [-0.2, -0.15) is 5.10 Å². The van der Waals surface area contributed by atoms with Crippen molar-refractivity contribution in [1.82, 2.24) is 24.9 Å². The van der Waals surface area contributed by atoms with E-state index < -0.39 is 0 Å². The molecule has 0 saturated carbocycles. The van der Waals surface area contributed by atoms with Crippen LogP contribution in [0.5, 0.6) is 0 Å². The van der Waals surface area contributed by atoms with Crippen molar-refractivity contribution in [2.24, 2.45) is 5.92 Å². The molecular weight excluding hydrogens is 366 g/mol. The van der Waals surface area contributed by atoms with Gasteiger partial charge < -0.3 is 15.1 Å². The molecule has 2 aliphatic rings. The van der Waals surface area contributed by atoms with E-state index in [4.69, 9.17) is 0 Å². The van der Waals surface area contributed by atoms with Crippen LogP contribution in [0.15, 0.2) is 30.5 Å². The van der Waals surface area contributed by atoms with E-state index in [-0.39, 0.29) is 11.8 Å². The molecular formula is C22H29N5O2. The summed E-state index contributed by atoms with van der Waals surface area (Å²) in [5.74, 6) is 0.367. The highest BCUT2D eigenvalue weighted by Gasteiger charge is 2.29. The minimum Gasteiger partial charge on any atom is -0.352 e. The first-order chi connectivity index (χ1) is 14.0. The van der Waals surface area contributed by atoms with Crippen LogP contribution < -0.4 is 5.32 Å². The number of likely N-dealkylation sites (N-methyl/N-ethyl adjacent to an activating group) is 1. The molecule has 2 amide bonds. The normalized spacial score (nSPS) is 19.7. The monoisotopic (exact) mass is 395 g/mol. The number of rotatable bonds is 4. The third-order valence-corrected chi connectivity index (χ3v) is 6.14. The van der Waals surface area contributed by atoms with Crippen molar-refractivity contribution in [3.05, 3.63) is 52.8 Å². The third-order valence-electron chi connectivity index (χ3n) is 6.14. The summed E-state index contributed by atoms with van der Waals surface area (Å²) in [6.45, 7) is 6.68. The number of piperazine rings is 1. The second-order valence-corrected chi connectivity index (χ2v) is 8.21. The number of carbonyl (C=O) groups is 2. The highest BCUT2D eigenvalue weighted by Crippen LogP contribution is 2.24. The van der Waals surface area contributed by atoms with Gasteiger partial charge >= 0.3 is 0 Å². The minimum atomic E-state index is -0.0316. The first-order valence-corrected chi connectivity index (χ1v) is 10.4. The predicted octanol–water partition coefficient (Wildman–Crippen LogP) is 1.57. The number of aryl methyl sites for hydroxylation is 2. The van der Waals surface area contributed by atoms with E-state index in [0.717, 1.165) is 67.9 Å². The van der Waals surface area contributed by atoms with Crippen molar-refractivity contribution in [1.29, 1.82) is 0 Å². The Kier molecular flexibility index (Phi) is 5.67. The Bertz CT molecular complexity index is 898. The molecule has 2 aliphatic heterocycles. The van der Waals surface area contributed by atoms with Gasteiger partial charge in [0.15, 0.2) is 0 Å². The molecule has 1 aromatic carbocycles. The summed E-state index contributed by atoms with van der Waals surface area (Å²) >= 11 is 0. The summed E-state index contributed by atoms with van der Waals surface area (Å²) < 4.78 is 1.96. The first-order valence-electron chi connectivity index (χ1n) is 10.4. The summed E-state index contributed by atoms with van der Waals surface area (Å²) in [6, 6.07) is 7.63. The standard InChI is InChI=1S/C22H29N5O2/c1-16-5-3-4-6-18(16)21(28)23-14-17-7-8-27-20(13-17)19(15-24-27)22(29)26-11-9-25(2)10-12-26/h3-6,15,17H,7-14H2,1-2H3,(H,23,28)/t17-/m0/s1. The van der Waals surface area contributed by atoms with E-state index >= 15 is 0 Å². The van der Waals surface area contributed by atoms with E-state index in [9.17, 15) is 9.59 Å². The van der Waals surface area contributed by atoms with Gasteiger partial charge in [-0.15, -0.1) is 0 Å². The number of carbonyl (C=O) groups excluding carboxylic acids is 2. The zero-order valence-electron chi connectivity index (χ0n) is 17.2. The topological polar surface area (TPSA) is 70.5 Å². The predicted molar refractivity (Wildman–Crippen MR) is 111 cm³/mol. The van der Waals surface area contributed by atoms with Crippen molar-refractivity contribution >= 4 is 11.8 Å². The van der Waals surface area contributed by atoms with Crippen molar-refractivity contribution in [2.45, 2.75) is 26.3 Å². The Morgan fingerprint density at radius 3 is 2.62 bits per heavy atom. The van der Waals surface area contributed by atoms with Gasteiger partial charge in [-0.1, -0.05) is 18.2 Å². The maximum atomic E-state index is 13.0. The second kappa shape index (κ2) is 8.37. The van der Waals surface area contributed by atoms with Crippen molar-refractivity contribution < 1.29 is 9.59 Å². The lowest BCUT2D eigenvalue weighted by Crippen LogP contribution is -2.47. The average molecular weight is 396 g/mol. The molecule has 1 fully saturated rings. The zero-order chi connectivity index (χ0) is 20.4. The van der Waals surface area contributed by atoms with E-state index in [1.165, 1.54) is 0 Å². The molecule has 3 heterocycles. The maximum absolute atomic E-state index is 13.0. The third kappa shape index (κ3) is 4.19. The molecule has 1 saturated heterocycles. The molecule has 7 heteroatoms. The quantitative estimate of drug-likeness (QED) is 0.853. The summed E-state index contributed by atoms with van der Waals surface area (Å²) in [6.07, 6.45) is 3.44. The fourth-order valence-corrected chi connectivity index (χ4v) is 4.19. The van der Waals surface area contributed by atoms with Crippen LogP contribution in [-0.2, 0) is 13.0 Å². The first kappa shape index (κ1) is 19.6. The van der Waals surface area contributed by atoms with Crippen LogP contribution in [0.4, 0.5) is 0 Å². The number of hydrogen-bond acceptors (Lipinski definition) is 4. The summed E-state index contributed by atoms with van der Waals surface area (Å²) in [4.78, 5) is 29.7. The van der Waals surface area contributed by atoms with Gasteiger partial charge in [-0.3, -0.25) is 14.3 Å². The Balaban J connectivity index is 1.39. The Morgan fingerprint density at radius 2 is 1.86 bits per heavy atom. The molecule has 0 radical (unpaired) electrons. The van der Waals surface area contributed by atoms with Gasteiger partial charge in [0.05, 0.1) is 17.5 Å². The summed E-state index contributed by atoms with van der Waals surface area (Å²) in [7, 11) is 2.08. The van der Waals surface area contributed by atoms with Crippen LogP contribution in [0.2, 0.25) is 0 Å². The lowest BCUT2D eigenvalue weighted by atomic mass is 9.93. The van der Waals surface area contributed by atoms with Gasteiger partial charge in [-0.05, 0) is 44.4 Å². The molecule has 0 aliphatic carbocycles. The van der Waals surface area contributed by atoms with Gasteiger partial charge in [0, 0.05) is 44.8 Å². The molecule has 1 atom stereocenters. The molecule has 154 valence electrons. The SMILES string of the molecule is Cc1ccccc1C(=O)NC[C@H]1CCn2ncc(C(=O)N3CCN(C)CC3)c2C1. The maximum Gasteiger partial charge on any atom is 0.257 e. The zero-order valence-corrected chi connectivity index (χ0v) is 17.2. The fourth-order valence-electron chi connectivity index (χ4n) is 4.19. The van der Waals surface area contributed by atoms with Crippen LogP contribution in [0.3, 0.4) is 0 Å². The number of amides is 2. The smallest absolute Gasteiger partial charge is 0.257 e. The van der Waals surface area contributed by atoms with Crippen molar-refractivity contribution in [3.8, 4) is 0 Å². The highest BCUT2D eigenvalue weighted by molar-refractivity contribution is 5.96. The fraction of sp³-hybridized carbons (Fsp3) is 0.500. The average Bonchev–Trinajstić information content (AvgIpc) is 3.15. The molecule has 7 nitrogen and oxygen atoms in total. The van der Waals surface area contributed by atoms with Crippen molar-refractivity contribution in [3.63, 3.8) is 0 Å². The number of aromatic nitrogens is 2. The highest BCUT2D eigenvalue weighted by atomic mass is 16.2. The molecule has 29 heavy (non-hydrogen) atoms. The van der Waals surface area contributed by atoms with Crippen LogP contribution >= 0.6 is 0 Å². The number of benzene rings is 1. The number of hydrogen-bond donors (Lipinski definition) is 1. The van der Waals surface area contributed by atoms with Crippen LogP contribution in [0, 0.1) is 12.8 Å². The molecule has 1 aromatic heterocycles. The lowest BCUT2D eigenvalue weighted by molar-refractivity contribution is 0.0661. The van der Waals surface area contributed by atoms with E-state index in [1.54, 1.807) is 6.20 Å². The van der Waals surface area contributed by atoms with Crippen LogP contribution in [0.1, 0.15) is 38.4 Å². The van der Waals surface area contributed by atoms with Gasteiger partial charge in [-0.25, -0.2) is 0 Å². The molecule has 1 N–H and O–H groups in total. The van der Waals surface area contributed by atoms with Crippen molar-refractivity contribution in [2.75, 3.05) is 39.8 Å². The second-order valence-electron chi connectivity index (χ2n) is 8.21. The largest absolute Gasteiger partial charge is 0.352 e.